The van der Waals surface area contributed by atoms with Gasteiger partial charge in [0.05, 0.1) is 12.5 Å². The van der Waals surface area contributed by atoms with Crippen LogP contribution in [0, 0.1) is 23.2 Å². The lowest BCUT2D eigenvalue weighted by molar-refractivity contribution is -0.135. The Labute approximate surface area is 232 Å². The molecular weight excluding hydrogens is 488 g/mol. The van der Waals surface area contributed by atoms with Crippen LogP contribution >= 0.6 is 0 Å². The van der Waals surface area contributed by atoms with Crippen LogP contribution in [0.15, 0.2) is 54.6 Å². The van der Waals surface area contributed by atoms with E-state index < -0.39 is 17.6 Å². The number of aliphatic hydroxyl groups excluding tert-OH is 1. The minimum absolute atomic E-state index is 0.00833. The summed E-state index contributed by atoms with van der Waals surface area (Å²) >= 11 is 0. The van der Waals surface area contributed by atoms with E-state index in [2.05, 4.69) is 36.1 Å². The molecule has 4 rings (SSSR count). The Balaban J connectivity index is 1.44. The summed E-state index contributed by atoms with van der Waals surface area (Å²) in [5, 5.41) is 19.4. The Hall–Kier alpha value is -3.63. The number of amidine groups is 1. The van der Waals surface area contributed by atoms with Gasteiger partial charge in [0.15, 0.2) is 0 Å². The average Bonchev–Trinajstić information content (AvgIpc) is 3.13. The molecule has 2 heterocycles. The van der Waals surface area contributed by atoms with Crippen LogP contribution < -0.4 is 0 Å². The van der Waals surface area contributed by atoms with Gasteiger partial charge in [-0.25, -0.2) is 4.79 Å². The molecule has 0 radical (unpaired) electrons. The zero-order valence-electron chi connectivity index (χ0n) is 23.6. The third kappa shape index (κ3) is 5.58. The number of carbonyl (C=O) groups is 2. The molecule has 0 aliphatic carbocycles. The molecule has 7 nitrogen and oxygen atoms in total. The second kappa shape index (κ2) is 11.6. The van der Waals surface area contributed by atoms with E-state index in [0.717, 1.165) is 24.0 Å². The van der Waals surface area contributed by atoms with Gasteiger partial charge >= 0.3 is 6.03 Å². The summed E-state index contributed by atoms with van der Waals surface area (Å²) < 4.78 is 0. The molecule has 0 bridgehead atoms. The molecule has 2 aromatic rings. The van der Waals surface area contributed by atoms with E-state index in [4.69, 9.17) is 5.41 Å². The van der Waals surface area contributed by atoms with E-state index in [1.54, 1.807) is 18.9 Å². The molecule has 0 spiro atoms. The lowest BCUT2D eigenvalue weighted by atomic mass is 9.76. The first-order valence-corrected chi connectivity index (χ1v) is 13.8. The molecule has 0 aromatic heterocycles. The van der Waals surface area contributed by atoms with Crippen LogP contribution in [0.4, 0.5) is 4.79 Å². The molecule has 2 aliphatic rings. The minimum atomic E-state index is -1.18. The summed E-state index contributed by atoms with van der Waals surface area (Å²) in [4.78, 5) is 31.6. The molecule has 39 heavy (non-hydrogen) atoms. The van der Waals surface area contributed by atoms with Gasteiger partial charge < -0.3 is 14.9 Å². The number of benzene rings is 2. The van der Waals surface area contributed by atoms with Gasteiger partial charge in [0.2, 0.25) is 5.91 Å². The van der Waals surface area contributed by atoms with E-state index in [1.807, 2.05) is 56.0 Å². The lowest BCUT2D eigenvalue weighted by Gasteiger charge is -2.45. The standard InChI is InChI=1S/C32H40N4O3/c1-22(2)36-31(39)34(5)30(33)32(36,23(3)24(4)37)21-29(38)35-19-17-28(18-20-35)27-15-13-26(14-16-27)12-11-25-9-7-6-8-10-25/h6-10,13-16,22-24,28,33,37H,17-21H2,1-5H3. The van der Waals surface area contributed by atoms with Crippen LogP contribution in [-0.2, 0) is 4.79 Å². The molecule has 206 valence electrons. The number of rotatable bonds is 6. The van der Waals surface area contributed by atoms with Crippen molar-refractivity contribution in [2.75, 3.05) is 20.1 Å². The normalized spacial score (nSPS) is 21.7. The van der Waals surface area contributed by atoms with Crippen LogP contribution in [0.25, 0.3) is 0 Å². The van der Waals surface area contributed by atoms with Crippen molar-refractivity contribution in [3.8, 4) is 11.8 Å². The lowest BCUT2D eigenvalue weighted by Crippen LogP contribution is -2.61. The van der Waals surface area contributed by atoms with Gasteiger partial charge in [0.1, 0.15) is 11.4 Å². The molecule has 0 saturated carbocycles. The van der Waals surface area contributed by atoms with Crippen LogP contribution in [0.5, 0.6) is 0 Å². The van der Waals surface area contributed by atoms with Gasteiger partial charge in [-0.2, -0.15) is 0 Å². The molecular formula is C32H40N4O3. The van der Waals surface area contributed by atoms with Crippen molar-refractivity contribution in [1.29, 1.82) is 5.41 Å². The number of piperidine rings is 1. The Bertz CT molecular complexity index is 1250. The third-order valence-corrected chi connectivity index (χ3v) is 8.44. The molecule has 3 unspecified atom stereocenters. The second-order valence-corrected chi connectivity index (χ2v) is 11.2. The fourth-order valence-corrected chi connectivity index (χ4v) is 5.99. The highest BCUT2D eigenvalue weighted by molar-refractivity contribution is 6.10. The maximum atomic E-state index is 13.7. The van der Waals surface area contributed by atoms with E-state index in [0.29, 0.717) is 19.0 Å². The fraction of sp³-hybridized carbons (Fsp3) is 0.469. The van der Waals surface area contributed by atoms with Crippen molar-refractivity contribution in [2.45, 2.75) is 70.6 Å². The average molecular weight is 529 g/mol. The summed E-state index contributed by atoms with van der Waals surface area (Å²) in [5.74, 6) is 6.29. The monoisotopic (exact) mass is 528 g/mol. The summed E-state index contributed by atoms with van der Waals surface area (Å²) in [5.41, 5.74) is 2.03. The van der Waals surface area contributed by atoms with Crippen LogP contribution in [0.1, 0.15) is 69.6 Å². The minimum Gasteiger partial charge on any atom is -0.393 e. The van der Waals surface area contributed by atoms with Gasteiger partial charge in [-0.15, -0.1) is 0 Å². The largest absolute Gasteiger partial charge is 0.393 e. The predicted molar refractivity (Wildman–Crippen MR) is 153 cm³/mol. The molecule has 7 heteroatoms. The highest BCUT2D eigenvalue weighted by Crippen LogP contribution is 2.41. The quantitative estimate of drug-likeness (QED) is 0.533. The number of carbonyl (C=O) groups excluding carboxylic acids is 2. The van der Waals surface area contributed by atoms with Crippen molar-refractivity contribution >= 4 is 17.8 Å². The number of amides is 3. The maximum Gasteiger partial charge on any atom is 0.326 e. The second-order valence-electron chi connectivity index (χ2n) is 11.2. The summed E-state index contributed by atoms with van der Waals surface area (Å²) in [6.07, 6.45) is 0.907. The molecule has 2 aliphatic heterocycles. The zero-order chi connectivity index (χ0) is 28.3. The number of aliphatic hydroxyl groups is 1. The number of hydrogen-bond donors (Lipinski definition) is 2. The smallest absolute Gasteiger partial charge is 0.326 e. The van der Waals surface area contributed by atoms with E-state index >= 15 is 0 Å². The van der Waals surface area contributed by atoms with Gasteiger partial charge in [0, 0.05) is 43.2 Å². The van der Waals surface area contributed by atoms with Crippen LogP contribution in [0.3, 0.4) is 0 Å². The molecule has 3 atom stereocenters. The number of nitrogens with one attached hydrogen (secondary N) is 1. The maximum absolute atomic E-state index is 13.7. The summed E-state index contributed by atoms with van der Waals surface area (Å²) in [7, 11) is 1.57. The number of urea groups is 1. The van der Waals surface area contributed by atoms with Crippen molar-refractivity contribution in [2.24, 2.45) is 5.92 Å². The first-order chi connectivity index (χ1) is 18.6. The van der Waals surface area contributed by atoms with Crippen LogP contribution in [-0.4, -0.2) is 75.4 Å². The number of hydrogen-bond acceptors (Lipinski definition) is 4. The number of likely N-dealkylation sites (N-methyl/N-ethyl adjacent to an activating group) is 1. The van der Waals surface area contributed by atoms with Crippen molar-refractivity contribution < 1.29 is 14.7 Å². The van der Waals surface area contributed by atoms with Crippen molar-refractivity contribution in [1.82, 2.24) is 14.7 Å². The Morgan fingerprint density at radius 1 is 1.00 bits per heavy atom. The number of likely N-dealkylation sites (tertiary alicyclic amines) is 1. The number of nitrogens with zero attached hydrogens (tertiary/aromatic N) is 3. The fourth-order valence-electron chi connectivity index (χ4n) is 5.99. The topological polar surface area (TPSA) is 87.9 Å². The van der Waals surface area contributed by atoms with E-state index in [-0.39, 0.29) is 30.2 Å². The summed E-state index contributed by atoms with van der Waals surface area (Å²) in [6, 6.07) is 17.8. The van der Waals surface area contributed by atoms with Gasteiger partial charge in [0.25, 0.3) is 0 Å². The molecule has 3 amide bonds. The Kier molecular flexibility index (Phi) is 8.46. The first-order valence-electron chi connectivity index (χ1n) is 13.8. The first kappa shape index (κ1) is 28.4. The molecule has 2 aromatic carbocycles. The predicted octanol–water partition coefficient (Wildman–Crippen LogP) is 4.69. The Morgan fingerprint density at radius 2 is 1.56 bits per heavy atom. The zero-order valence-corrected chi connectivity index (χ0v) is 23.6. The van der Waals surface area contributed by atoms with E-state index in [1.165, 1.54) is 10.5 Å². The van der Waals surface area contributed by atoms with Gasteiger partial charge in [-0.3, -0.25) is 15.1 Å². The van der Waals surface area contributed by atoms with Crippen LogP contribution in [0.2, 0.25) is 0 Å². The van der Waals surface area contributed by atoms with Gasteiger partial charge in [-0.05, 0) is 69.4 Å². The van der Waals surface area contributed by atoms with E-state index in [9.17, 15) is 14.7 Å². The third-order valence-electron chi connectivity index (χ3n) is 8.44. The highest BCUT2D eigenvalue weighted by atomic mass is 16.3. The molecule has 2 fully saturated rings. The van der Waals surface area contributed by atoms with Gasteiger partial charge in [-0.1, -0.05) is 49.1 Å². The SMILES string of the molecule is CC(O)C(C)C1(CC(=O)N2CCC(c3ccc(C#Cc4ccccc4)cc3)CC2)C(=N)N(C)C(=O)N1C(C)C. The summed E-state index contributed by atoms with van der Waals surface area (Å²) in [6.45, 7) is 8.52. The molecule has 2 saturated heterocycles. The van der Waals surface area contributed by atoms with Crippen molar-refractivity contribution in [3.05, 3.63) is 71.3 Å². The van der Waals surface area contributed by atoms with Crippen molar-refractivity contribution in [3.63, 3.8) is 0 Å². The highest BCUT2D eigenvalue weighted by Gasteiger charge is 2.59. The Morgan fingerprint density at radius 3 is 2.10 bits per heavy atom. The molecule has 2 N–H and O–H groups in total.